The highest BCUT2D eigenvalue weighted by atomic mass is 15.2. The summed E-state index contributed by atoms with van der Waals surface area (Å²) in [6.45, 7) is 10.8. The molecule has 2 nitrogen and oxygen atoms in total. The van der Waals surface area contributed by atoms with Crippen LogP contribution >= 0.6 is 0 Å². The van der Waals surface area contributed by atoms with Crippen molar-refractivity contribution in [2.24, 2.45) is 11.8 Å². The minimum Gasteiger partial charge on any atom is -0.311 e. The Labute approximate surface area is 114 Å². The van der Waals surface area contributed by atoms with Gasteiger partial charge in [-0.3, -0.25) is 4.90 Å². The second-order valence-corrected chi connectivity index (χ2v) is 6.87. The quantitative estimate of drug-likeness (QED) is 0.826. The summed E-state index contributed by atoms with van der Waals surface area (Å²) < 4.78 is 0. The smallest absolute Gasteiger partial charge is 0.0198 e. The van der Waals surface area contributed by atoms with Crippen molar-refractivity contribution in [3.8, 4) is 0 Å². The van der Waals surface area contributed by atoms with E-state index < -0.39 is 0 Å². The van der Waals surface area contributed by atoms with Gasteiger partial charge in [0.15, 0.2) is 0 Å². The van der Waals surface area contributed by atoms with E-state index in [9.17, 15) is 0 Å². The molecule has 1 N–H and O–H groups in total. The van der Waals surface area contributed by atoms with Gasteiger partial charge in [0.25, 0.3) is 0 Å². The van der Waals surface area contributed by atoms with Crippen LogP contribution < -0.4 is 5.32 Å². The number of hydrogen-bond acceptors (Lipinski definition) is 2. The van der Waals surface area contributed by atoms with Crippen molar-refractivity contribution in [2.75, 3.05) is 19.6 Å². The van der Waals surface area contributed by atoms with Gasteiger partial charge < -0.3 is 5.32 Å². The van der Waals surface area contributed by atoms with Crippen LogP contribution in [0.4, 0.5) is 0 Å². The van der Waals surface area contributed by atoms with E-state index in [-0.39, 0.29) is 0 Å². The Morgan fingerprint density at radius 3 is 2.83 bits per heavy atom. The lowest BCUT2D eigenvalue weighted by Crippen LogP contribution is -2.55. The summed E-state index contributed by atoms with van der Waals surface area (Å²) in [4.78, 5) is 2.80. The van der Waals surface area contributed by atoms with E-state index in [4.69, 9.17) is 0 Å². The first-order valence-electron chi connectivity index (χ1n) is 8.16. The van der Waals surface area contributed by atoms with Crippen molar-refractivity contribution >= 4 is 0 Å². The molecule has 1 saturated carbocycles. The van der Waals surface area contributed by atoms with Gasteiger partial charge in [-0.2, -0.15) is 0 Å². The minimum absolute atomic E-state index is 0.737. The van der Waals surface area contributed by atoms with Crippen molar-refractivity contribution in [3.05, 3.63) is 0 Å². The summed E-state index contributed by atoms with van der Waals surface area (Å²) in [6.07, 6.45) is 8.57. The molecule has 1 aliphatic heterocycles. The molecule has 0 aromatic heterocycles. The molecule has 1 saturated heterocycles. The fourth-order valence-electron chi connectivity index (χ4n) is 3.87. The average Bonchev–Trinajstić information content (AvgIpc) is 2.38. The van der Waals surface area contributed by atoms with Crippen molar-refractivity contribution in [1.82, 2.24) is 10.2 Å². The van der Waals surface area contributed by atoms with E-state index in [0.29, 0.717) is 0 Å². The first kappa shape index (κ1) is 14.3. The number of rotatable bonds is 4. The zero-order valence-corrected chi connectivity index (χ0v) is 12.6. The molecule has 0 radical (unpaired) electrons. The normalized spacial score (nSPS) is 35.0. The minimum atomic E-state index is 0.737. The van der Waals surface area contributed by atoms with Gasteiger partial charge >= 0.3 is 0 Å². The Balaban J connectivity index is 1.84. The molecule has 2 heteroatoms. The van der Waals surface area contributed by atoms with Crippen molar-refractivity contribution in [2.45, 2.75) is 71.4 Å². The van der Waals surface area contributed by atoms with E-state index in [2.05, 4.69) is 31.0 Å². The lowest BCUT2D eigenvalue weighted by atomic mass is 9.83. The predicted octanol–water partition coefficient (Wildman–Crippen LogP) is 3.28. The van der Waals surface area contributed by atoms with Gasteiger partial charge in [0.05, 0.1) is 0 Å². The summed E-state index contributed by atoms with van der Waals surface area (Å²) in [7, 11) is 0. The van der Waals surface area contributed by atoms with Crippen LogP contribution in [0, 0.1) is 11.8 Å². The van der Waals surface area contributed by atoms with E-state index in [0.717, 1.165) is 23.9 Å². The highest BCUT2D eigenvalue weighted by Crippen LogP contribution is 2.30. The summed E-state index contributed by atoms with van der Waals surface area (Å²) in [5.74, 6) is 1.82. The summed E-state index contributed by atoms with van der Waals surface area (Å²) in [5.41, 5.74) is 0. The second-order valence-electron chi connectivity index (χ2n) is 6.87. The molecule has 1 aliphatic carbocycles. The van der Waals surface area contributed by atoms with Crippen molar-refractivity contribution in [1.29, 1.82) is 0 Å². The molecule has 0 aromatic carbocycles. The van der Waals surface area contributed by atoms with Crippen LogP contribution in [-0.2, 0) is 0 Å². The molecule has 0 amide bonds. The Bertz CT molecular complexity index is 239. The van der Waals surface area contributed by atoms with Crippen LogP contribution in [0.2, 0.25) is 0 Å². The molecule has 18 heavy (non-hydrogen) atoms. The Morgan fingerprint density at radius 2 is 2.11 bits per heavy atom. The van der Waals surface area contributed by atoms with Crippen LogP contribution in [0.1, 0.15) is 59.3 Å². The molecule has 0 aromatic rings. The second kappa shape index (κ2) is 6.91. The number of nitrogens with one attached hydrogen (secondary N) is 1. The van der Waals surface area contributed by atoms with Gasteiger partial charge in [0, 0.05) is 31.7 Å². The fraction of sp³-hybridized carbons (Fsp3) is 1.00. The van der Waals surface area contributed by atoms with Crippen LogP contribution in [-0.4, -0.2) is 36.6 Å². The Hall–Kier alpha value is -0.0800. The highest BCUT2D eigenvalue weighted by Gasteiger charge is 2.29. The molecular formula is C16H32N2. The molecule has 2 rings (SSSR count). The van der Waals surface area contributed by atoms with Gasteiger partial charge in [-0.1, -0.05) is 40.0 Å². The van der Waals surface area contributed by atoms with Crippen LogP contribution in [0.3, 0.4) is 0 Å². The summed E-state index contributed by atoms with van der Waals surface area (Å²) in [6, 6.07) is 1.63. The van der Waals surface area contributed by atoms with Gasteiger partial charge in [0.2, 0.25) is 0 Å². The Kier molecular flexibility index (Phi) is 5.50. The van der Waals surface area contributed by atoms with E-state index >= 15 is 0 Å². The van der Waals surface area contributed by atoms with Gasteiger partial charge in [-0.25, -0.2) is 0 Å². The number of piperazine rings is 1. The third-order valence-corrected chi connectivity index (χ3v) is 4.89. The van der Waals surface area contributed by atoms with Gasteiger partial charge in [-0.15, -0.1) is 0 Å². The molecule has 0 bridgehead atoms. The molecule has 3 atom stereocenters. The molecule has 0 spiro atoms. The largest absolute Gasteiger partial charge is 0.311 e. The SMILES string of the molecule is CCC1CCCC(N2CCNC(CC(C)C)C2)C1. The first-order chi connectivity index (χ1) is 8.69. The van der Waals surface area contributed by atoms with Gasteiger partial charge in [0.1, 0.15) is 0 Å². The number of hydrogen-bond donors (Lipinski definition) is 1. The van der Waals surface area contributed by atoms with Crippen LogP contribution in [0.5, 0.6) is 0 Å². The summed E-state index contributed by atoms with van der Waals surface area (Å²) >= 11 is 0. The van der Waals surface area contributed by atoms with Crippen LogP contribution in [0.15, 0.2) is 0 Å². The molecular weight excluding hydrogens is 220 g/mol. The zero-order valence-electron chi connectivity index (χ0n) is 12.6. The summed E-state index contributed by atoms with van der Waals surface area (Å²) in [5, 5.41) is 3.70. The van der Waals surface area contributed by atoms with Crippen molar-refractivity contribution < 1.29 is 0 Å². The average molecular weight is 252 g/mol. The predicted molar refractivity (Wildman–Crippen MR) is 78.9 cm³/mol. The third-order valence-electron chi connectivity index (χ3n) is 4.89. The van der Waals surface area contributed by atoms with E-state index in [1.165, 1.54) is 58.2 Å². The van der Waals surface area contributed by atoms with E-state index in [1.807, 2.05) is 0 Å². The maximum atomic E-state index is 3.70. The van der Waals surface area contributed by atoms with E-state index in [1.54, 1.807) is 0 Å². The molecule has 3 unspecified atom stereocenters. The topological polar surface area (TPSA) is 15.3 Å². The molecule has 2 fully saturated rings. The van der Waals surface area contributed by atoms with Crippen LogP contribution in [0.25, 0.3) is 0 Å². The molecule has 1 heterocycles. The standard InChI is InChI=1S/C16H32N2/c1-4-14-6-5-7-16(11-14)18-9-8-17-15(12-18)10-13(2)3/h13-17H,4-12H2,1-3H3. The lowest BCUT2D eigenvalue weighted by molar-refractivity contribution is 0.0910. The number of nitrogens with zero attached hydrogens (tertiary/aromatic N) is 1. The highest BCUT2D eigenvalue weighted by molar-refractivity contribution is 4.86. The van der Waals surface area contributed by atoms with Gasteiger partial charge in [-0.05, 0) is 31.1 Å². The maximum Gasteiger partial charge on any atom is 0.0198 e. The fourth-order valence-corrected chi connectivity index (χ4v) is 3.87. The monoisotopic (exact) mass is 252 g/mol. The Morgan fingerprint density at radius 1 is 1.28 bits per heavy atom. The first-order valence-corrected chi connectivity index (χ1v) is 8.16. The van der Waals surface area contributed by atoms with Crippen molar-refractivity contribution in [3.63, 3.8) is 0 Å². The third kappa shape index (κ3) is 3.96. The molecule has 106 valence electrons. The molecule has 2 aliphatic rings. The zero-order chi connectivity index (χ0) is 13.0. The maximum absolute atomic E-state index is 3.70. The lowest BCUT2D eigenvalue weighted by Gasteiger charge is -2.42.